The predicted octanol–water partition coefficient (Wildman–Crippen LogP) is 6.12. The van der Waals surface area contributed by atoms with Crippen molar-refractivity contribution in [2.75, 3.05) is 0 Å². The fourth-order valence-corrected chi connectivity index (χ4v) is 1.92. The van der Waals surface area contributed by atoms with E-state index in [0.29, 0.717) is 6.42 Å². The first kappa shape index (κ1) is 15.9. The quantitative estimate of drug-likeness (QED) is 0.356. The largest absolute Gasteiger partial charge is 0.310 e. The van der Waals surface area contributed by atoms with E-state index in [9.17, 15) is 8.78 Å². The van der Waals surface area contributed by atoms with Crippen molar-refractivity contribution in [3.05, 3.63) is 6.43 Å². The highest BCUT2D eigenvalue weighted by molar-refractivity contribution is 4.58. The van der Waals surface area contributed by atoms with Gasteiger partial charge in [-0.05, 0) is 6.42 Å². The van der Waals surface area contributed by atoms with Crippen molar-refractivity contribution < 1.29 is 8.78 Å². The molecule has 0 rings (SSSR count). The third kappa shape index (κ3) is 13.9. The normalized spacial score (nSPS) is 11.2. The zero-order valence-electron chi connectivity index (χ0n) is 10.7. The molecule has 97 valence electrons. The van der Waals surface area contributed by atoms with Gasteiger partial charge in [0.2, 0.25) is 0 Å². The molecule has 0 aliphatic rings. The van der Waals surface area contributed by atoms with Gasteiger partial charge in [-0.2, -0.15) is 8.78 Å². The van der Waals surface area contributed by atoms with E-state index in [2.05, 4.69) is 6.92 Å². The highest BCUT2D eigenvalue weighted by atomic mass is 19.3. The van der Waals surface area contributed by atoms with Crippen LogP contribution in [0.25, 0.3) is 0 Å². The van der Waals surface area contributed by atoms with E-state index in [1.165, 1.54) is 51.4 Å². The topological polar surface area (TPSA) is 0 Å². The first-order valence-electron chi connectivity index (χ1n) is 6.94. The third-order valence-corrected chi connectivity index (χ3v) is 2.97. The Labute approximate surface area is 99.8 Å². The molecule has 0 aromatic heterocycles. The lowest BCUT2D eigenvalue weighted by molar-refractivity contribution is 0.264. The fraction of sp³-hybridized carbons (Fsp3) is 0.929. The van der Waals surface area contributed by atoms with Crippen LogP contribution in [0.1, 0.15) is 84.0 Å². The van der Waals surface area contributed by atoms with Crippen LogP contribution < -0.4 is 0 Å². The Hall–Kier alpha value is -0.140. The Kier molecular flexibility index (Phi) is 12.8. The van der Waals surface area contributed by atoms with Crippen molar-refractivity contribution in [2.24, 2.45) is 0 Å². The first-order chi connectivity index (χ1) is 7.77. The zero-order chi connectivity index (χ0) is 12.1. The van der Waals surface area contributed by atoms with Gasteiger partial charge in [-0.25, -0.2) is 0 Å². The number of rotatable bonds is 12. The molecular formula is C14H27F2. The molecule has 0 heterocycles. The Balaban J connectivity index is 2.88. The summed E-state index contributed by atoms with van der Waals surface area (Å²) >= 11 is 0. The molecule has 16 heavy (non-hydrogen) atoms. The molecule has 0 fully saturated rings. The Morgan fingerprint density at radius 3 is 1.38 bits per heavy atom. The summed E-state index contributed by atoms with van der Waals surface area (Å²) in [5, 5.41) is 0. The third-order valence-electron chi connectivity index (χ3n) is 2.97. The minimum Gasteiger partial charge on any atom is -0.200 e. The summed E-state index contributed by atoms with van der Waals surface area (Å²) in [6.45, 7) is 2.23. The second-order valence-corrected chi connectivity index (χ2v) is 4.62. The molecule has 0 saturated heterocycles. The van der Waals surface area contributed by atoms with Crippen LogP contribution in [0, 0.1) is 6.43 Å². The SMILES string of the molecule is CCCCCCCCCCCCC[C](F)F. The average Bonchev–Trinajstić information content (AvgIpc) is 2.25. The monoisotopic (exact) mass is 233 g/mol. The van der Waals surface area contributed by atoms with Crippen LogP contribution in [0.15, 0.2) is 0 Å². The average molecular weight is 233 g/mol. The van der Waals surface area contributed by atoms with Crippen molar-refractivity contribution >= 4 is 0 Å². The van der Waals surface area contributed by atoms with Crippen LogP contribution >= 0.6 is 0 Å². The van der Waals surface area contributed by atoms with Gasteiger partial charge >= 0.3 is 6.43 Å². The van der Waals surface area contributed by atoms with E-state index in [4.69, 9.17) is 0 Å². The molecule has 0 aliphatic heterocycles. The minimum atomic E-state index is -1.41. The molecule has 0 nitrogen and oxygen atoms in total. The predicted molar refractivity (Wildman–Crippen MR) is 66.5 cm³/mol. The van der Waals surface area contributed by atoms with Crippen molar-refractivity contribution in [3.8, 4) is 0 Å². The van der Waals surface area contributed by atoms with E-state index in [-0.39, 0.29) is 6.42 Å². The molecule has 0 atom stereocenters. The van der Waals surface area contributed by atoms with Crippen LogP contribution in [0.2, 0.25) is 0 Å². The van der Waals surface area contributed by atoms with Crippen LogP contribution in [-0.2, 0) is 0 Å². The van der Waals surface area contributed by atoms with Gasteiger partial charge in [0.25, 0.3) is 0 Å². The molecule has 0 spiro atoms. The van der Waals surface area contributed by atoms with E-state index in [0.717, 1.165) is 12.8 Å². The van der Waals surface area contributed by atoms with Crippen molar-refractivity contribution in [1.29, 1.82) is 0 Å². The molecule has 1 radical (unpaired) electrons. The van der Waals surface area contributed by atoms with Crippen LogP contribution in [0.3, 0.4) is 0 Å². The van der Waals surface area contributed by atoms with Gasteiger partial charge in [0.1, 0.15) is 0 Å². The van der Waals surface area contributed by atoms with E-state index >= 15 is 0 Å². The van der Waals surface area contributed by atoms with Crippen LogP contribution in [-0.4, -0.2) is 0 Å². The summed E-state index contributed by atoms with van der Waals surface area (Å²) in [4.78, 5) is 0. The number of hydrogen-bond acceptors (Lipinski definition) is 0. The maximum atomic E-state index is 11.7. The minimum absolute atomic E-state index is 0.0109. The molecule has 0 aromatic carbocycles. The maximum Gasteiger partial charge on any atom is 0.310 e. The number of halogens is 2. The first-order valence-corrected chi connectivity index (χ1v) is 6.94. The summed E-state index contributed by atoms with van der Waals surface area (Å²) in [6, 6.07) is 0. The number of hydrogen-bond donors (Lipinski definition) is 0. The van der Waals surface area contributed by atoms with E-state index < -0.39 is 6.43 Å². The Bertz CT molecular complexity index is 124. The van der Waals surface area contributed by atoms with Gasteiger partial charge in [0.15, 0.2) is 0 Å². The summed E-state index contributed by atoms with van der Waals surface area (Å²) in [7, 11) is 0. The molecular weight excluding hydrogens is 206 g/mol. The molecule has 0 bridgehead atoms. The second-order valence-electron chi connectivity index (χ2n) is 4.62. The van der Waals surface area contributed by atoms with Gasteiger partial charge in [-0.1, -0.05) is 71.1 Å². The molecule has 0 saturated carbocycles. The van der Waals surface area contributed by atoms with Gasteiger partial charge < -0.3 is 0 Å². The second kappa shape index (κ2) is 12.9. The molecule has 0 aromatic rings. The van der Waals surface area contributed by atoms with Gasteiger partial charge in [-0.3, -0.25) is 0 Å². The molecule has 0 amide bonds. The lowest BCUT2D eigenvalue weighted by Gasteiger charge is -2.02. The smallest absolute Gasteiger partial charge is 0.200 e. The molecule has 2 heteroatoms. The lowest BCUT2D eigenvalue weighted by Crippen LogP contribution is -1.84. The summed E-state index contributed by atoms with van der Waals surface area (Å²) in [6.07, 6.45) is 12.0. The van der Waals surface area contributed by atoms with Crippen LogP contribution in [0.5, 0.6) is 0 Å². The van der Waals surface area contributed by atoms with Crippen LogP contribution in [0.4, 0.5) is 8.78 Å². The Morgan fingerprint density at radius 1 is 0.625 bits per heavy atom. The number of unbranched alkanes of at least 4 members (excludes halogenated alkanes) is 10. The van der Waals surface area contributed by atoms with Crippen molar-refractivity contribution in [2.45, 2.75) is 84.0 Å². The summed E-state index contributed by atoms with van der Waals surface area (Å²) in [5.74, 6) is 0. The van der Waals surface area contributed by atoms with E-state index in [1.54, 1.807) is 0 Å². The van der Waals surface area contributed by atoms with Gasteiger partial charge in [-0.15, -0.1) is 0 Å². The zero-order valence-corrected chi connectivity index (χ0v) is 10.7. The molecule has 0 N–H and O–H groups in total. The summed E-state index contributed by atoms with van der Waals surface area (Å²) < 4.78 is 23.5. The van der Waals surface area contributed by atoms with Crippen molar-refractivity contribution in [3.63, 3.8) is 0 Å². The molecule has 0 aliphatic carbocycles. The highest BCUT2D eigenvalue weighted by Gasteiger charge is 2.03. The molecule has 0 unspecified atom stereocenters. The lowest BCUT2D eigenvalue weighted by atomic mass is 10.1. The van der Waals surface area contributed by atoms with Gasteiger partial charge in [0.05, 0.1) is 0 Å². The standard InChI is InChI=1S/C14H27F2/c1-2-3-4-5-6-7-8-9-10-11-12-13-14(15)16/h2-13H2,1H3. The fourth-order valence-electron chi connectivity index (χ4n) is 1.92. The van der Waals surface area contributed by atoms with Crippen molar-refractivity contribution in [1.82, 2.24) is 0 Å². The maximum absolute atomic E-state index is 11.7. The highest BCUT2D eigenvalue weighted by Crippen LogP contribution is 2.16. The van der Waals surface area contributed by atoms with Gasteiger partial charge in [0, 0.05) is 6.42 Å². The Morgan fingerprint density at radius 2 is 1.00 bits per heavy atom. The van der Waals surface area contributed by atoms with E-state index in [1.807, 2.05) is 0 Å². The summed E-state index contributed by atoms with van der Waals surface area (Å²) in [5.41, 5.74) is 0.